The van der Waals surface area contributed by atoms with E-state index >= 15 is 0 Å². The average molecular weight is 515 g/mol. The Morgan fingerprint density at radius 2 is 1.45 bits per heavy atom. The zero-order valence-electron chi connectivity index (χ0n) is 15.9. The lowest BCUT2D eigenvalue weighted by atomic mass is 9.93. The topological polar surface area (TPSA) is 53.0 Å². The Hall–Kier alpha value is -2.67. The van der Waals surface area contributed by atoms with Gasteiger partial charge in [0.25, 0.3) is 5.91 Å². The highest BCUT2D eigenvalue weighted by Crippen LogP contribution is 2.40. The van der Waals surface area contributed by atoms with Crippen LogP contribution in [0.2, 0.25) is 10.0 Å². The molecule has 1 fully saturated rings. The van der Waals surface area contributed by atoms with Crippen LogP contribution in [-0.4, -0.2) is 23.6 Å². The van der Waals surface area contributed by atoms with E-state index in [-0.39, 0.29) is 11.8 Å². The maximum Gasteiger partial charge on any atom is 0.259 e. The first-order valence-corrected chi connectivity index (χ1v) is 11.0. The number of hydrogen-bond acceptors (Lipinski definition) is 4. The summed E-state index contributed by atoms with van der Waals surface area (Å²) in [5.74, 6) is -1.46. The van der Waals surface area contributed by atoms with Gasteiger partial charge in [0.1, 0.15) is 12.0 Å². The third kappa shape index (κ3) is 3.45. The van der Waals surface area contributed by atoms with Gasteiger partial charge >= 0.3 is 0 Å². The molecule has 8 heteroatoms. The van der Waals surface area contributed by atoms with Gasteiger partial charge < -0.3 is 0 Å². The van der Waals surface area contributed by atoms with E-state index in [1.54, 1.807) is 23.2 Å². The van der Waals surface area contributed by atoms with Gasteiger partial charge in [0, 0.05) is 14.5 Å². The van der Waals surface area contributed by atoms with Crippen molar-refractivity contribution < 1.29 is 9.59 Å². The summed E-state index contributed by atoms with van der Waals surface area (Å²) in [7, 11) is 0. The van der Waals surface area contributed by atoms with Gasteiger partial charge in [-0.25, -0.2) is 4.90 Å². The SMILES string of the molecule is O=C1[C@@H]2C(c3ccc(Br)cc3)=NN(c3ccccc3)[C@@H]2C(=O)N1c1cc(Cl)cc(Cl)c1. The Morgan fingerprint density at radius 3 is 2.10 bits per heavy atom. The second-order valence-electron chi connectivity index (χ2n) is 7.23. The third-order valence-corrected chi connectivity index (χ3v) is 6.28. The number of carbonyl (C=O) groups excluding carboxylic acids is 2. The molecule has 0 aromatic heterocycles. The zero-order chi connectivity index (χ0) is 21.7. The molecule has 2 heterocycles. The summed E-state index contributed by atoms with van der Waals surface area (Å²) in [5, 5.41) is 7.05. The first-order valence-electron chi connectivity index (χ1n) is 9.46. The van der Waals surface area contributed by atoms with E-state index in [0.717, 1.165) is 20.6 Å². The third-order valence-electron chi connectivity index (χ3n) is 5.32. The van der Waals surface area contributed by atoms with Gasteiger partial charge in [0.2, 0.25) is 5.91 Å². The quantitative estimate of drug-likeness (QED) is 0.431. The summed E-state index contributed by atoms with van der Waals surface area (Å²) in [6, 6.07) is 20.8. The molecule has 0 bridgehead atoms. The minimum atomic E-state index is -0.786. The Labute approximate surface area is 197 Å². The van der Waals surface area contributed by atoms with Crippen LogP contribution >= 0.6 is 39.1 Å². The van der Waals surface area contributed by atoms with Gasteiger partial charge in [0.05, 0.1) is 17.1 Å². The highest BCUT2D eigenvalue weighted by atomic mass is 79.9. The fourth-order valence-electron chi connectivity index (χ4n) is 3.99. The Kier molecular flexibility index (Phi) is 5.08. The van der Waals surface area contributed by atoms with Crippen molar-refractivity contribution in [3.8, 4) is 0 Å². The second-order valence-corrected chi connectivity index (χ2v) is 9.02. The number of imide groups is 1. The fourth-order valence-corrected chi connectivity index (χ4v) is 4.77. The first kappa shape index (κ1) is 20.2. The molecule has 2 aliphatic rings. The Balaban J connectivity index is 1.64. The molecule has 3 aromatic carbocycles. The van der Waals surface area contributed by atoms with E-state index in [1.807, 2.05) is 54.6 Å². The molecule has 2 amide bonds. The average Bonchev–Trinajstić information content (AvgIpc) is 3.25. The monoisotopic (exact) mass is 513 g/mol. The molecule has 154 valence electrons. The molecule has 2 atom stereocenters. The lowest BCUT2D eigenvalue weighted by Crippen LogP contribution is -2.39. The zero-order valence-corrected chi connectivity index (χ0v) is 19.0. The number of rotatable bonds is 3. The molecule has 0 unspecified atom stereocenters. The van der Waals surface area contributed by atoms with Crippen LogP contribution in [0.4, 0.5) is 11.4 Å². The van der Waals surface area contributed by atoms with E-state index in [1.165, 1.54) is 0 Å². The second kappa shape index (κ2) is 7.79. The fraction of sp³-hybridized carbons (Fsp3) is 0.0870. The van der Waals surface area contributed by atoms with E-state index in [0.29, 0.717) is 21.4 Å². The lowest BCUT2D eigenvalue weighted by Gasteiger charge is -2.22. The van der Waals surface area contributed by atoms with E-state index in [9.17, 15) is 9.59 Å². The summed E-state index contributed by atoms with van der Waals surface area (Å²) in [6.07, 6.45) is 0. The maximum atomic E-state index is 13.6. The number of halogens is 3. The van der Waals surface area contributed by atoms with Crippen LogP contribution in [0.5, 0.6) is 0 Å². The molecule has 0 N–H and O–H groups in total. The van der Waals surface area contributed by atoms with Crippen molar-refractivity contribution in [3.05, 3.63) is 92.9 Å². The van der Waals surface area contributed by atoms with E-state index in [4.69, 9.17) is 28.3 Å². The molecule has 5 nitrogen and oxygen atoms in total. The van der Waals surface area contributed by atoms with Gasteiger partial charge in [-0.3, -0.25) is 14.6 Å². The number of carbonyl (C=O) groups is 2. The normalized spacial score (nSPS) is 20.3. The summed E-state index contributed by atoms with van der Waals surface area (Å²) in [5.41, 5.74) is 2.42. The maximum absolute atomic E-state index is 13.6. The molecule has 0 aliphatic carbocycles. The van der Waals surface area contributed by atoms with Crippen LogP contribution < -0.4 is 9.91 Å². The molecule has 1 saturated heterocycles. The largest absolute Gasteiger partial charge is 0.273 e. The van der Waals surface area contributed by atoms with Crippen molar-refractivity contribution in [1.82, 2.24) is 0 Å². The van der Waals surface area contributed by atoms with Crippen LogP contribution in [0.1, 0.15) is 5.56 Å². The number of anilines is 2. The highest BCUT2D eigenvalue weighted by Gasteiger charge is 2.57. The number of para-hydroxylation sites is 1. The van der Waals surface area contributed by atoms with Crippen LogP contribution in [0.25, 0.3) is 0 Å². The van der Waals surface area contributed by atoms with Crippen molar-refractivity contribution in [1.29, 1.82) is 0 Å². The van der Waals surface area contributed by atoms with Gasteiger partial charge in [-0.2, -0.15) is 5.10 Å². The standard InChI is InChI=1S/C23H14BrCl2N3O2/c24-14-8-6-13(7-9-14)20-19-21(29(27-20)17-4-2-1-3-5-17)23(31)28(22(19)30)18-11-15(25)10-16(26)12-18/h1-12,19,21H/t19-,21+/m1/s1. The Morgan fingerprint density at radius 1 is 0.806 bits per heavy atom. The number of hydrazone groups is 1. The minimum Gasteiger partial charge on any atom is -0.273 e. The van der Waals surface area contributed by atoms with Crippen molar-refractivity contribution in [2.24, 2.45) is 11.0 Å². The predicted octanol–water partition coefficient (Wildman–Crippen LogP) is 5.54. The molecule has 0 saturated carbocycles. The molecule has 2 aliphatic heterocycles. The molecule has 0 spiro atoms. The van der Waals surface area contributed by atoms with Crippen molar-refractivity contribution in [3.63, 3.8) is 0 Å². The number of benzene rings is 3. The lowest BCUT2D eigenvalue weighted by molar-refractivity contribution is -0.121. The molecule has 5 rings (SSSR count). The van der Waals surface area contributed by atoms with Gasteiger partial charge in [-0.1, -0.05) is 69.5 Å². The number of amides is 2. The summed E-state index contributed by atoms with van der Waals surface area (Å²) >= 11 is 15.7. The van der Waals surface area contributed by atoms with Gasteiger partial charge in [0.15, 0.2) is 0 Å². The van der Waals surface area contributed by atoms with Crippen molar-refractivity contribution in [2.45, 2.75) is 6.04 Å². The van der Waals surface area contributed by atoms with Crippen molar-refractivity contribution in [2.75, 3.05) is 9.91 Å². The first-order chi connectivity index (χ1) is 14.9. The molecule has 0 radical (unpaired) electrons. The van der Waals surface area contributed by atoms with E-state index in [2.05, 4.69) is 15.9 Å². The number of hydrogen-bond donors (Lipinski definition) is 0. The number of nitrogens with zero attached hydrogens (tertiary/aromatic N) is 3. The minimum absolute atomic E-state index is 0.349. The summed E-state index contributed by atoms with van der Waals surface area (Å²) in [4.78, 5) is 28.2. The van der Waals surface area contributed by atoms with Crippen LogP contribution in [0.15, 0.2) is 82.4 Å². The van der Waals surface area contributed by atoms with E-state index < -0.39 is 12.0 Å². The van der Waals surface area contributed by atoms with Crippen molar-refractivity contribution >= 4 is 68.0 Å². The number of fused-ring (bicyclic) bond motifs is 1. The Bertz CT molecular complexity index is 1210. The van der Waals surface area contributed by atoms with Crippen LogP contribution in [0, 0.1) is 5.92 Å². The molecule has 31 heavy (non-hydrogen) atoms. The summed E-state index contributed by atoms with van der Waals surface area (Å²) < 4.78 is 0.912. The molecular formula is C23H14BrCl2N3O2. The predicted molar refractivity (Wildman–Crippen MR) is 126 cm³/mol. The van der Waals surface area contributed by atoms with Crippen LogP contribution in [-0.2, 0) is 9.59 Å². The molecule has 3 aromatic rings. The van der Waals surface area contributed by atoms with Gasteiger partial charge in [-0.05, 0) is 48.0 Å². The van der Waals surface area contributed by atoms with Crippen LogP contribution in [0.3, 0.4) is 0 Å². The van der Waals surface area contributed by atoms with Gasteiger partial charge in [-0.15, -0.1) is 0 Å². The molecular weight excluding hydrogens is 501 g/mol. The smallest absolute Gasteiger partial charge is 0.259 e. The summed E-state index contributed by atoms with van der Waals surface area (Å²) in [6.45, 7) is 0. The highest BCUT2D eigenvalue weighted by molar-refractivity contribution is 9.10.